The van der Waals surface area contributed by atoms with Gasteiger partial charge in [-0.2, -0.15) is 5.10 Å². The number of carbonyl (C=O) groups is 2. The van der Waals surface area contributed by atoms with Crippen LogP contribution in [0.1, 0.15) is 18.7 Å². The van der Waals surface area contributed by atoms with Crippen molar-refractivity contribution >= 4 is 12.1 Å². The van der Waals surface area contributed by atoms with E-state index in [2.05, 4.69) is 21.7 Å². The van der Waals surface area contributed by atoms with Gasteiger partial charge in [0.25, 0.3) is 0 Å². The lowest BCUT2D eigenvalue weighted by molar-refractivity contribution is -0.139. The van der Waals surface area contributed by atoms with Gasteiger partial charge in [-0.15, -0.1) is 0 Å². The molecule has 1 aromatic rings. The molecule has 7 heteroatoms. The molecule has 0 aliphatic rings. The van der Waals surface area contributed by atoms with Gasteiger partial charge >= 0.3 is 12.1 Å². The van der Waals surface area contributed by atoms with Crippen molar-refractivity contribution in [3.05, 3.63) is 30.6 Å². The third-order valence-corrected chi connectivity index (χ3v) is 2.19. The normalized spacial score (nSPS) is 11.6. The number of amides is 1. The Balaban J connectivity index is 2.80. The third-order valence-electron chi connectivity index (χ3n) is 2.19. The van der Waals surface area contributed by atoms with Crippen LogP contribution >= 0.6 is 0 Å². The standard InChI is InChI=1S/C11H15N3O4/c1-3-7-18-11(17)13-9(10(15)16)8-5-6-12-14(8)4-2/h3,5-6,9H,1,4,7H2,2H3,(H,13,17)(H,15,16). The van der Waals surface area contributed by atoms with Crippen LogP contribution in [0.5, 0.6) is 0 Å². The predicted octanol–water partition coefficient (Wildman–Crippen LogP) is 0.941. The van der Waals surface area contributed by atoms with Gasteiger partial charge in [0.1, 0.15) is 6.61 Å². The molecule has 2 N–H and O–H groups in total. The molecule has 98 valence electrons. The van der Waals surface area contributed by atoms with Gasteiger partial charge in [-0.3, -0.25) is 4.68 Å². The summed E-state index contributed by atoms with van der Waals surface area (Å²) in [5.41, 5.74) is 0.389. The first-order valence-corrected chi connectivity index (χ1v) is 5.38. The minimum atomic E-state index is -1.19. The highest BCUT2D eigenvalue weighted by Gasteiger charge is 2.25. The maximum atomic E-state index is 11.3. The minimum Gasteiger partial charge on any atom is -0.479 e. The van der Waals surface area contributed by atoms with E-state index in [1.54, 1.807) is 0 Å². The van der Waals surface area contributed by atoms with Crippen LogP contribution in [-0.4, -0.2) is 33.6 Å². The minimum absolute atomic E-state index is 0.0191. The van der Waals surface area contributed by atoms with E-state index in [4.69, 9.17) is 5.11 Å². The molecule has 0 saturated heterocycles. The Morgan fingerprint density at radius 1 is 1.72 bits per heavy atom. The molecular weight excluding hydrogens is 238 g/mol. The molecule has 0 saturated carbocycles. The number of aromatic nitrogens is 2. The molecule has 1 rings (SSSR count). The number of alkyl carbamates (subject to hydrolysis) is 1. The summed E-state index contributed by atoms with van der Waals surface area (Å²) < 4.78 is 6.17. The second-order valence-corrected chi connectivity index (χ2v) is 3.37. The van der Waals surface area contributed by atoms with E-state index in [1.807, 2.05) is 6.92 Å². The Bertz CT molecular complexity index is 441. The fourth-order valence-electron chi connectivity index (χ4n) is 1.41. The molecule has 1 heterocycles. The van der Waals surface area contributed by atoms with Crippen molar-refractivity contribution in [2.45, 2.75) is 19.5 Å². The Morgan fingerprint density at radius 2 is 2.44 bits per heavy atom. The summed E-state index contributed by atoms with van der Waals surface area (Å²) in [7, 11) is 0. The zero-order valence-corrected chi connectivity index (χ0v) is 10.00. The van der Waals surface area contributed by atoms with Gasteiger partial charge < -0.3 is 15.2 Å². The molecule has 1 amide bonds. The molecular formula is C11H15N3O4. The van der Waals surface area contributed by atoms with E-state index in [0.717, 1.165) is 0 Å². The number of carbonyl (C=O) groups excluding carboxylic acids is 1. The van der Waals surface area contributed by atoms with Crippen molar-refractivity contribution in [1.82, 2.24) is 15.1 Å². The van der Waals surface area contributed by atoms with E-state index in [1.165, 1.54) is 23.0 Å². The van der Waals surface area contributed by atoms with Crippen LogP contribution in [0.4, 0.5) is 4.79 Å². The van der Waals surface area contributed by atoms with E-state index in [9.17, 15) is 9.59 Å². The van der Waals surface area contributed by atoms with Gasteiger partial charge in [0.05, 0.1) is 5.69 Å². The van der Waals surface area contributed by atoms with E-state index >= 15 is 0 Å². The predicted molar refractivity (Wildman–Crippen MR) is 63.0 cm³/mol. The maximum absolute atomic E-state index is 11.3. The van der Waals surface area contributed by atoms with Crippen LogP contribution in [0.25, 0.3) is 0 Å². The van der Waals surface area contributed by atoms with Gasteiger partial charge in [0.15, 0.2) is 6.04 Å². The van der Waals surface area contributed by atoms with Crippen molar-refractivity contribution in [1.29, 1.82) is 0 Å². The topological polar surface area (TPSA) is 93.4 Å². The number of nitrogens with zero attached hydrogens (tertiary/aromatic N) is 2. The fraction of sp³-hybridized carbons (Fsp3) is 0.364. The highest BCUT2D eigenvalue weighted by Crippen LogP contribution is 2.13. The smallest absolute Gasteiger partial charge is 0.408 e. The number of nitrogens with one attached hydrogen (secondary N) is 1. The summed E-state index contributed by atoms with van der Waals surface area (Å²) in [6.07, 6.45) is 2.06. The first-order chi connectivity index (χ1) is 8.60. The quantitative estimate of drug-likeness (QED) is 0.736. The summed E-state index contributed by atoms with van der Waals surface area (Å²) >= 11 is 0. The highest BCUT2D eigenvalue weighted by molar-refractivity contribution is 5.80. The number of aliphatic carboxylic acids is 1. The van der Waals surface area contributed by atoms with Crippen molar-refractivity contribution < 1.29 is 19.4 Å². The number of hydrogen-bond acceptors (Lipinski definition) is 4. The lowest BCUT2D eigenvalue weighted by Gasteiger charge is -2.15. The summed E-state index contributed by atoms with van der Waals surface area (Å²) in [6, 6.07) is 0.348. The van der Waals surface area contributed by atoms with Gasteiger partial charge in [-0.25, -0.2) is 9.59 Å². The summed E-state index contributed by atoms with van der Waals surface area (Å²) in [5.74, 6) is -1.18. The zero-order valence-electron chi connectivity index (χ0n) is 10.00. The average Bonchev–Trinajstić information content (AvgIpc) is 2.80. The first kappa shape index (κ1) is 13.8. The molecule has 0 fully saturated rings. The zero-order chi connectivity index (χ0) is 13.5. The largest absolute Gasteiger partial charge is 0.479 e. The molecule has 1 atom stereocenters. The van der Waals surface area contributed by atoms with Gasteiger partial charge in [0.2, 0.25) is 0 Å². The van der Waals surface area contributed by atoms with Crippen molar-refractivity contribution in [2.75, 3.05) is 6.61 Å². The van der Waals surface area contributed by atoms with E-state index < -0.39 is 18.1 Å². The summed E-state index contributed by atoms with van der Waals surface area (Å²) in [4.78, 5) is 22.5. The first-order valence-electron chi connectivity index (χ1n) is 5.38. The lowest BCUT2D eigenvalue weighted by atomic mass is 10.2. The second-order valence-electron chi connectivity index (χ2n) is 3.37. The maximum Gasteiger partial charge on any atom is 0.408 e. The molecule has 0 bridgehead atoms. The number of ether oxygens (including phenoxy) is 1. The Kier molecular flexibility index (Phi) is 4.91. The second kappa shape index (κ2) is 6.43. The van der Waals surface area contributed by atoms with Crippen LogP contribution in [0.2, 0.25) is 0 Å². The molecule has 1 unspecified atom stereocenters. The number of carboxylic acid groups (broad SMARTS) is 1. The van der Waals surface area contributed by atoms with Crippen LogP contribution in [0.15, 0.2) is 24.9 Å². The summed E-state index contributed by atoms with van der Waals surface area (Å²) in [6.45, 7) is 5.74. The Hall–Kier alpha value is -2.31. The lowest BCUT2D eigenvalue weighted by Crippen LogP contribution is -2.35. The fourth-order valence-corrected chi connectivity index (χ4v) is 1.41. The van der Waals surface area contributed by atoms with Crippen LogP contribution in [-0.2, 0) is 16.1 Å². The highest BCUT2D eigenvalue weighted by atomic mass is 16.5. The molecule has 0 aromatic carbocycles. The van der Waals surface area contributed by atoms with Crippen molar-refractivity contribution in [2.24, 2.45) is 0 Å². The molecule has 0 spiro atoms. The summed E-state index contributed by atoms with van der Waals surface area (Å²) in [5, 5.41) is 15.3. The van der Waals surface area contributed by atoms with Gasteiger partial charge in [0, 0.05) is 12.7 Å². The monoisotopic (exact) mass is 253 g/mol. The number of rotatable bonds is 6. The third kappa shape index (κ3) is 3.34. The number of hydrogen-bond donors (Lipinski definition) is 2. The Morgan fingerprint density at radius 3 is 3.00 bits per heavy atom. The molecule has 7 nitrogen and oxygen atoms in total. The molecule has 0 aliphatic heterocycles. The Labute approximate surface area is 104 Å². The van der Waals surface area contributed by atoms with Crippen LogP contribution in [0.3, 0.4) is 0 Å². The molecule has 0 aliphatic carbocycles. The molecule has 0 radical (unpaired) electrons. The van der Waals surface area contributed by atoms with Crippen LogP contribution in [0, 0.1) is 0 Å². The van der Waals surface area contributed by atoms with E-state index in [0.29, 0.717) is 12.2 Å². The SMILES string of the molecule is C=CCOC(=O)NC(C(=O)O)c1ccnn1CC. The number of carboxylic acids is 1. The average molecular weight is 253 g/mol. The van der Waals surface area contributed by atoms with Gasteiger partial charge in [-0.05, 0) is 13.0 Å². The van der Waals surface area contributed by atoms with Crippen molar-refractivity contribution in [3.63, 3.8) is 0 Å². The van der Waals surface area contributed by atoms with Crippen LogP contribution < -0.4 is 5.32 Å². The van der Waals surface area contributed by atoms with Crippen molar-refractivity contribution in [3.8, 4) is 0 Å². The molecule has 18 heavy (non-hydrogen) atoms. The van der Waals surface area contributed by atoms with E-state index in [-0.39, 0.29) is 6.61 Å². The molecule has 1 aromatic heterocycles. The number of aryl methyl sites for hydroxylation is 1. The van der Waals surface area contributed by atoms with Gasteiger partial charge in [-0.1, -0.05) is 12.7 Å².